The maximum absolute atomic E-state index is 11.9. The molecule has 5 heteroatoms. The number of amides is 1. The van der Waals surface area contributed by atoms with Crippen molar-refractivity contribution in [3.63, 3.8) is 0 Å². The van der Waals surface area contributed by atoms with Crippen LogP contribution in [-0.2, 0) is 16.1 Å². The van der Waals surface area contributed by atoms with E-state index in [1.54, 1.807) is 42.5 Å². The minimum Gasteiger partial charge on any atom is -0.458 e. The fraction of sp³-hybridized carbons (Fsp3) is 0.0588. The maximum atomic E-state index is 11.9. The Balaban J connectivity index is 1.69. The van der Waals surface area contributed by atoms with Crippen LogP contribution in [0, 0.1) is 0 Å². The smallest absolute Gasteiger partial charge is 0.333 e. The Bertz CT molecular complexity index is 766. The third-order valence-corrected chi connectivity index (χ3v) is 3.52. The monoisotopic (exact) mass is 313 g/mol. The van der Waals surface area contributed by atoms with Gasteiger partial charge in [0.25, 0.3) is 5.91 Å². The van der Waals surface area contributed by atoms with E-state index in [0.717, 1.165) is 5.56 Å². The van der Waals surface area contributed by atoms with Crippen LogP contribution >= 0.6 is 11.6 Å². The van der Waals surface area contributed by atoms with E-state index in [0.29, 0.717) is 21.8 Å². The quantitative estimate of drug-likeness (QED) is 0.699. The summed E-state index contributed by atoms with van der Waals surface area (Å²) in [6, 6.07) is 14.1. The molecule has 0 aromatic heterocycles. The van der Waals surface area contributed by atoms with Crippen molar-refractivity contribution in [2.24, 2.45) is 0 Å². The molecule has 2 aromatic rings. The fourth-order valence-electron chi connectivity index (χ4n) is 2.18. The molecule has 2 aromatic carbocycles. The second-order valence-corrected chi connectivity index (χ2v) is 5.23. The summed E-state index contributed by atoms with van der Waals surface area (Å²) < 4.78 is 5.17. The van der Waals surface area contributed by atoms with Crippen LogP contribution in [0.15, 0.2) is 54.6 Å². The van der Waals surface area contributed by atoms with Crippen molar-refractivity contribution in [1.82, 2.24) is 5.32 Å². The van der Waals surface area contributed by atoms with Gasteiger partial charge in [0.15, 0.2) is 0 Å². The number of hydrogen-bond donors (Lipinski definition) is 1. The highest BCUT2D eigenvalue weighted by Crippen LogP contribution is 2.23. The van der Waals surface area contributed by atoms with Gasteiger partial charge in [0, 0.05) is 22.2 Å². The van der Waals surface area contributed by atoms with Crippen LogP contribution in [0.25, 0.3) is 5.70 Å². The van der Waals surface area contributed by atoms with Crippen LogP contribution in [0.1, 0.15) is 21.5 Å². The SMILES string of the molecule is O=C(/C=C1\NC(=O)c2ccccc21)OCc1ccc(Cl)cc1. The molecule has 1 amide bonds. The van der Waals surface area contributed by atoms with Gasteiger partial charge in [0.2, 0.25) is 0 Å². The molecule has 110 valence electrons. The van der Waals surface area contributed by atoms with Crippen molar-refractivity contribution in [2.75, 3.05) is 0 Å². The highest BCUT2D eigenvalue weighted by atomic mass is 35.5. The first-order valence-corrected chi connectivity index (χ1v) is 7.05. The van der Waals surface area contributed by atoms with E-state index in [2.05, 4.69) is 5.32 Å². The Hall–Kier alpha value is -2.59. The van der Waals surface area contributed by atoms with Crippen LogP contribution < -0.4 is 5.32 Å². The van der Waals surface area contributed by atoms with E-state index in [4.69, 9.17) is 16.3 Å². The normalized spacial score (nSPS) is 14.6. The van der Waals surface area contributed by atoms with Gasteiger partial charge >= 0.3 is 5.97 Å². The molecule has 1 N–H and O–H groups in total. The summed E-state index contributed by atoms with van der Waals surface area (Å²) in [6.45, 7) is 0.148. The molecule has 1 heterocycles. The largest absolute Gasteiger partial charge is 0.458 e. The van der Waals surface area contributed by atoms with Crippen LogP contribution in [0.2, 0.25) is 5.02 Å². The van der Waals surface area contributed by atoms with Gasteiger partial charge in [-0.3, -0.25) is 4.79 Å². The average Bonchev–Trinajstić information content (AvgIpc) is 2.83. The number of hydrogen-bond acceptors (Lipinski definition) is 3. The second kappa shape index (κ2) is 6.03. The molecule has 0 radical (unpaired) electrons. The summed E-state index contributed by atoms with van der Waals surface area (Å²) in [5.41, 5.74) is 2.56. The van der Waals surface area contributed by atoms with Crippen LogP contribution in [0.4, 0.5) is 0 Å². The fourth-order valence-corrected chi connectivity index (χ4v) is 2.31. The molecule has 0 spiro atoms. The number of nitrogens with one attached hydrogen (secondary N) is 1. The minimum atomic E-state index is -0.512. The Morgan fingerprint density at radius 3 is 2.50 bits per heavy atom. The predicted molar refractivity (Wildman–Crippen MR) is 83.1 cm³/mol. The minimum absolute atomic E-state index is 0.148. The Kier molecular flexibility index (Phi) is 3.94. The molecule has 0 bridgehead atoms. The molecule has 1 aliphatic rings. The molecule has 0 unspecified atom stereocenters. The Morgan fingerprint density at radius 2 is 1.77 bits per heavy atom. The second-order valence-electron chi connectivity index (χ2n) is 4.79. The van der Waals surface area contributed by atoms with Gasteiger partial charge in [-0.15, -0.1) is 0 Å². The summed E-state index contributed by atoms with van der Waals surface area (Å²) in [5.74, 6) is -0.727. The number of benzene rings is 2. The lowest BCUT2D eigenvalue weighted by atomic mass is 10.1. The lowest BCUT2D eigenvalue weighted by Crippen LogP contribution is -2.13. The van der Waals surface area contributed by atoms with E-state index in [1.807, 2.05) is 6.07 Å². The van der Waals surface area contributed by atoms with E-state index >= 15 is 0 Å². The van der Waals surface area contributed by atoms with Crippen LogP contribution in [0.5, 0.6) is 0 Å². The summed E-state index contributed by atoms with van der Waals surface area (Å²) in [4.78, 5) is 23.6. The average molecular weight is 314 g/mol. The Labute approximate surface area is 132 Å². The predicted octanol–water partition coefficient (Wildman–Crippen LogP) is 3.17. The molecule has 0 aliphatic carbocycles. The van der Waals surface area contributed by atoms with Crippen molar-refractivity contribution < 1.29 is 14.3 Å². The van der Waals surface area contributed by atoms with Crippen molar-refractivity contribution in [3.8, 4) is 0 Å². The number of carbonyl (C=O) groups excluding carboxylic acids is 2. The highest BCUT2D eigenvalue weighted by molar-refractivity contribution is 6.30. The van der Waals surface area contributed by atoms with E-state index in [-0.39, 0.29) is 12.5 Å². The summed E-state index contributed by atoms with van der Waals surface area (Å²) in [6.07, 6.45) is 1.29. The molecule has 0 atom stereocenters. The van der Waals surface area contributed by atoms with Gasteiger partial charge in [-0.1, -0.05) is 41.9 Å². The summed E-state index contributed by atoms with van der Waals surface area (Å²) in [5, 5.41) is 3.29. The topological polar surface area (TPSA) is 55.4 Å². The molecule has 1 aliphatic heterocycles. The lowest BCUT2D eigenvalue weighted by Gasteiger charge is -2.04. The van der Waals surface area contributed by atoms with Gasteiger partial charge in [-0.25, -0.2) is 4.79 Å². The first kappa shape index (κ1) is 14.4. The molecule has 0 saturated carbocycles. The molecule has 0 fully saturated rings. The molecule has 22 heavy (non-hydrogen) atoms. The zero-order valence-corrected chi connectivity index (χ0v) is 12.3. The van der Waals surface area contributed by atoms with E-state index in [1.165, 1.54) is 6.08 Å². The van der Waals surface area contributed by atoms with Crippen molar-refractivity contribution in [3.05, 3.63) is 76.3 Å². The van der Waals surface area contributed by atoms with Crippen LogP contribution in [-0.4, -0.2) is 11.9 Å². The summed E-state index contributed by atoms with van der Waals surface area (Å²) >= 11 is 5.79. The molecule has 0 saturated heterocycles. The number of ether oxygens (including phenoxy) is 1. The number of esters is 1. The van der Waals surface area contributed by atoms with Gasteiger partial charge in [-0.05, 0) is 23.8 Å². The molecule has 4 nitrogen and oxygen atoms in total. The van der Waals surface area contributed by atoms with Crippen LogP contribution in [0.3, 0.4) is 0 Å². The third-order valence-electron chi connectivity index (χ3n) is 3.27. The van der Waals surface area contributed by atoms with E-state index in [9.17, 15) is 9.59 Å². The molecular weight excluding hydrogens is 302 g/mol. The van der Waals surface area contributed by atoms with E-state index < -0.39 is 5.97 Å². The van der Waals surface area contributed by atoms with Crippen molar-refractivity contribution in [2.45, 2.75) is 6.61 Å². The highest BCUT2D eigenvalue weighted by Gasteiger charge is 2.23. The Morgan fingerprint density at radius 1 is 1.09 bits per heavy atom. The van der Waals surface area contributed by atoms with Gasteiger partial charge in [0.05, 0.1) is 5.70 Å². The van der Waals surface area contributed by atoms with Gasteiger partial charge in [0.1, 0.15) is 6.61 Å². The molecular formula is C17H12ClNO3. The van der Waals surface area contributed by atoms with Gasteiger partial charge in [-0.2, -0.15) is 0 Å². The number of rotatable bonds is 3. The summed E-state index contributed by atoms with van der Waals surface area (Å²) in [7, 11) is 0. The standard InChI is InChI=1S/C17H12ClNO3/c18-12-7-5-11(6-8-12)10-22-16(20)9-15-13-3-1-2-4-14(13)17(21)19-15/h1-9H,10H2,(H,19,21)/b15-9-. The number of fused-ring (bicyclic) bond motifs is 1. The first-order valence-electron chi connectivity index (χ1n) is 6.67. The van der Waals surface area contributed by atoms with Gasteiger partial charge < -0.3 is 10.1 Å². The third kappa shape index (κ3) is 3.02. The number of carbonyl (C=O) groups is 2. The molecule has 3 rings (SSSR count). The maximum Gasteiger partial charge on any atom is 0.333 e. The van der Waals surface area contributed by atoms with Crippen molar-refractivity contribution >= 4 is 29.2 Å². The zero-order valence-electron chi connectivity index (χ0n) is 11.5. The zero-order chi connectivity index (χ0) is 15.5. The van der Waals surface area contributed by atoms with Crippen molar-refractivity contribution in [1.29, 1.82) is 0 Å². The first-order chi connectivity index (χ1) is 10.6. The number of halogens is 1. The lowest BCUT2D eigenvalue weighted by molar-refractivity contribution is -0.138.